The van der Waals surface area contributed by atoms with Crippen molar-refractivity contribution in [3.05, 3.63) is 33.8 Å². The summed E-state index contributed by atoms with van der Waals surface area (Å²) in [6.45, 7) is 14.1. The first-order valence-electron chi connectivity index (χ1n) is 14.5. The summed E-state index contributed by atoms with van der Waals surface area (Å²) in [5.41, 5.74) is 0.407. The molecule has 2 bridgehead atoms. The van der Waals surface area contributed by atoms with Crippen molar-refractivity contribution < 1.29 is 18.9 Å². The number of carbonyl (C=O) groups excluding carboxylic acids is 1. The number of halogens is 2. The summed E-state index contributed by atoms with van der Waals surface area (Å²) in [6, 6.07) is 4.95. The molecule has 2 aliphatic heterocycles. The number of rotatable bonds is 9. The topological polar surface area (TPSA) is 60.0 Å². The van der Waals surface area contributed by atoms with Crippen LogP contribution in [0.2, 0.25) is 10.0 Å². The summed E-state index contributed by atoms with van der Waals surface area (Å²) in [6.07, 6.45) is 6.26. The van der Waals surface area contributed by atoms with Crippen LogP contribution in [0.4, 0.5) is 0 Å². The van der Waals surface area contributed by atoms with Gasteiger partial charge in [-0.25, -0.2) is 0 Å². The summed E-state index contributed by atoms with van der Waals surface area (Å²) in [5.74, 6) is 1.35. The standard InChI is InChI=1S/C29H43BCl2N2O4/c1-7-8-21-15-20(16-33-27(35)22-14-19(31)9-10-23(22)32)34(37-21)26(11-17(2)3)30-36-25-13-18-12-24(28(18,4)5)29(25,6)38-30/h9-10,14,17-18,20-21,24-26H,7-8,11-13,15-16H2,1-6H3,(H,33,35)/t18-,20?,21?,24-,25+,26-,29-/m0/s1. The van der Waals surface area contributed by atoms with Crippen molar-refractivity contribution in [1.82, 2.24) is 10.4 Å². The van der Waals surface area contributed by atoms with Crippen LogP contribution in [0.3, 0.4) is 0 Å². The van der Waals surface area contributed by atoms with E-state index in [-0.39, 0.29) is 42.8 Å². The summed E-state index contributed by atoms with van der Waals surface area (Å²) in [7, 11) is -0.358. The van der Waals surface area contributed by atoms with E-state index in [1.54, 1.807) is 18.2 Å². The lowest BCUT2D eigenvalue weighted by molar-refractivity contribution is -0.200. The third kappa shape index (κ3) is 5.17. The number of nitrogens with one attached hydrogen (secondary N) is 1. The summed E-state index contributed by atoms with van der Waals surface area (Å²) in [5, 5.41) is 6.08. The van der Waals surface area contributed by atoms with Crippen molar-refractivity contribution in [2.24, 2.45) is 23.2 Å². The smallest absolute Gasteiger partial charge is 0.404 e. The van der Waals surface area contributed by atoms with Crippen LogP contribution < -0.4 is 5.32 Å². The molecular weight excluding hydrogens is 522 g/mol. The van der Waals surface area contributed by atoms with Crippen LogP contribution in [0, 0.1) is 23.2 Å². The normalized spacial score (nSPS) is 34.8. The fourth-order valence-corrected chi connectivity index (χ4v) is 7.96. The number of amides is 1. The molecule has 7 atom stereocenters. The van der Waals surface area contributed by atoms with E-state index >= 15 is 0 Å². The van der Waals surface area contributed by atoms with Gasteiger partial charge >= 0.3 is 7.12 Å². The second kappa shape index (κ2) is 10.9. The Hall–Kier alpha value is -0.825. The second-order valence-corrected chi connectivity index (χ2v) is 14.0. The molecule has 3 saturated carbocycles. The number of carbonyl (C=O) groups is 1. The fraction of sp³-hybridized carbons (Fsp3) is 0.759. The third-order valence-electron chi connectivity index (χ3n) is 9.77. The van der Waals surface area contributed by atoms with Gasteiger partial charge in [0.25, 0.3) is 5.91 Å². The fourth-order valence-electron chi connectivity index (χ4n) is 7.58. The van der Waals surface area contributed by atoms with Gasteiger partial charge in [0, 0.05) is 11.6 Å². The summed E-state index contributed by atoms with van der Waals surface area (Å²) in [4.78, 5) is 19.7. The van der Waals surface area contributed by atoms with Gasteiger partial charge < -0.3 is 14.6 Å². The predicted octanol–water partition coefficient (Wildman–Crippen LogP) is 6.58. The molecule has 38 heavy (non-hydrogen) atoms. The number of hydrogen-bond donors (Lipinski definition) is 1. The van der Waals surface area contributed by atoms with Crippen molar-refractivity contribution in [2.75, 3.05) is 6.54 Å². The zero-order valence-corrected chi connectivity index (χ0v) is 25.1. The van der Waals surface area contributed by atoms with Crippen LogP contribution in [-0.4, -0.2) is 54.4 Å². The number of hydrogen-bond acceptors (Lipinski definition) is 5. The Bertz CT molecular complexity index is 1040. The second-order valence-electron chi connectivity index (χ2n) is 13.1. The molecule has 2 heterocycles. The van der Waals surface area contributed by atoms with Gasteiger partial charge in [-0.05, 0) is 80.4 Å². The summed E-state index contributed by atoms with van der Waals surface area (Å²) < 4.78 is 13.7. The van der Waals surface area contributed by atoms with E-state index < -0.39 is 0 Å². The van der Waals surface area contributed by atoms with E-state index in [1.807, 2.05) is 0 Å². The predicted molar refractivity (Wildman–Crippen MR) is 152 cm³/mol. The molecule has 5 fully saturated rings. The molecule has 9 heteroatoms. The number of benzene rings is 1. The maximum absolute atomic E-state index is 13.0. The monoisotopic (exact) mass is 564 g/mol. The molecule has 6 nitrogen and oxygen atoms in total. The molecule has 1 aromatic rings. The van der Waals surface area contributed by atoms with Crippen LogP contribution in [0.5, 0.6) is 0 Å². The van der Waals surface area contributed by atoms with Gasteiger partial charge in [-0.2, -0.15) is 5.06 Å². The van der Waals surface area contributed by atoms with Crippen molar-refractivity contribution in [3.8, 4) is 0 Å². The lowest BCUT2D eigenvalue weighted by Gasteiger charge is -2.64. The van der Waals surface area contributed by atoms with Crippen LogP contribution in [0.15, 0.2) is 18.2 Å². The zero-order chi connectivity index (χ0) is 27.4. The number of nitrogens with zero attached hydrogens (tertiary/aromatic N) is 1. The molecule has 5 aliphatic rings. The van der Waals surface area contributed by atoms with Gasteiger partial charge in [-0.3, -0.25) is 9.63 Å². The molecule has 1 amide bonds. The van der Waals surface area contributed by atoms with Crippen molar-refractivity contribution in [1.29, 1.82) is 0 Å². The highest BCUT2D eigenvalue weighted by molar-refractivity contribution is 6.47. The SMILES string of the molecule is CCCC1CC(CNC(=O)c2cc(Cl)ccc2Cl)N([C@@H](CC(C)C)B2O[C@@H]3C[C@@H]4C[C@@H](C4(C)C)[C@]3(C)O2)O1. The van der Waals surface area contributed by atoms with E-state index in [4.69, 9.17) is 37.3 Å². The summed E-state index contributed by atoms with van der Waals surface area (Å²) >= 11 is 12.4. The van der Waals surface area contributed by atoms with Crippen molar-refractivity contribution >= 4 is 36.2 Å². The van der Waals surface area contributed by atoms with Gasteiger partial charge in [0.15, 0.2) is 0 Å². The molecule has 1 aromatic carbocycles. The van der Waals surface area contributed by atoms with E-state index in [9.17, 15) is 4.79 Å². The minimum Gasteiger partial charge on any atom is -0.404 e. The minimum absolute atomic E-state index is 0.00459. The van der Waals surface area contributed by atoms with E-state index in [0.717, 1.165) is 32.1 Å². The van der Waals surface area contributed by atoms with Crippen LogP contribution >= 0.6 is 23.2 Å². The highest BCUT2D eigenvalue weighted by Crippen LogP contribution is 2.66. The van der Waals surface area contributed by atoms with Crippen LogP contribution in [0.25, 0.3) is 0 Å². The molecule has 2 saturated heterocycles. The molecule has 3 aliphatic carbocycles. The van der Waals surface area contributed by atoms with Gasteiger partial charge in [0.2, 0.25) is 0 Å². The van der Waals surface area contributed by atoms with E-state index in [1.165, 1.54) is 6.42 Å². The Morgan fingerprint density at radius 1 is 1.21 bits per heavy atom. The highest BCUT2D eigenvalue weighted by Gasteiger charge is 2.69. The van der Waals surface area contributed by atoms with Crippen molar-refractivity contribution in [2.45, 2.75) is 110 Å². The first-order valence-corrected chi connectivity index (χ1v) is 15.2. The molecular formula is C29H43BCl2N2O4. The van der Waals surface area contributed by atoms with Crippen LogP contribution in [0.1, 0.15) is 90.4 Å². The Morgan fingerprint density at radius 3 is 2.66 bits per heavy atom. The largest absolute Gasteiger partial charge is 0.478 e. The number of hydroxylamine groups is 2. The lowest BCUT2D eigenvalue weighted by atomic mass is 9.43. The highest BCUT2D eigenvalue weighted by atomic mass is 35.5. The molecule has 0 spiro atoms. The van der Waals surface area contributed by atoms with Gasteiger partial charge in [-0.15, -0.1) is 0 Å². The zero-order valence-electron chi connectivity index (χ0n) is 23.6. The molecule has 0 radical (unpaired) electrons. The Kier molecular flexibility index (Phi) is 8.21. The van der Waals surface area contributed by atoms with Gasteiger partial charge in [0.1, 0.15) is 0 Å². The maximum atomic E-state index is 13.0. The maximum Gasteiger partial charge on any atom is 0.478 e. The quantitative estimate of drug-likeness (QED) is 0.343. The Balaban J connectivity index is 1.34. The Morgan fingerprint density at radius 2 is 1.97 bits per heavy atom. The first-order chi connectivity index (χ1) is 17.9. The van der Waals surface area contributed by atoms with E-state index in [0.29, 0.717) is 45.3 Å². The average Bonchev–Trinajstić information content (AvgIpc) is 3.42. The first kappa shape index (κ1) is 28.7. The van der Waals surface area contributed by atoms with Crippen molar-refractivity contribution in [3.63, 3.8) is 0 Å². The molecule has 0 aromatic heterocycles. The molecule has 6 rings (SSSR count). The van der Waals surface area contributed by atoms with Crippen LogP contribution in [-0.2, 0) is 14.1 Å². The average molecular weight is 565 g/mol. The Labute approximate surface area is 238 Å². The minimum atomic E-state index is -0.358. The lowest BCUT2D eigenvalue weighted by Crippen LogP contribution is -2.65. The molecule has 2 unspecified atom stereocenters. The molecule has 1 N–H and O–H groups in total. The molecule has 210 valence electrons. The van der Waals surface area contributed by atoms with Gasteiger partial charge in [-0.1, -0.05) is 64.2 Å². The van der Waals surface area contributed by atoms with Gasteiger partial charge in [0.05, 0.1) is 40.4 Å². The third-order valence-corrected chi connectivity index (χ3v) is 10.3. The van der Waals surface area contributed by atoms with E-state index in [2.05, 4.69) is 51.9 Å².